The Hall–Kier alpha value is -1.30. The van der Waals surface area contributed by atoms with Crippen molar-refractivity contribution in [3.05, 3.63) is 29.3 Å². The molecular weight excluding hydrogens is 314 g/mol. The molecular formula is C17H26ClN3O2. The highest BCUT2D eigenvalue weighted by Gasteiger charge is 2.11. The van der Waals surface area contributed by atoms with E-state index in [-0.39, 0.29) is 12.5 Å². The van der Waals surface area contributed by atoms with Crippen LogP contribution >= 0.6 is 11.6 Å². The Morgan fingerprint density at radius 1 is 1.22 bits per heavy atom. The zero-order chi connectivity index (χ0) is 16.5. The molecule has 0 saturated carbocycles. The van der Waals surface area contributed by atoms with E-state index in [1.54, 1.807) is 24.3 Å². The van der Waals surface area contributed by atoms with Crippen LogP contribution in [-0.2, 0) is 4.79 Å². The summed E-state index contributed by atoms with van der Waals surface area (Å²) in [4.78, 5) is 16.6. The Morgan fingerprint density at radius 3 is 2.78 bits per heavy atom. The first-order valence-corrected chi connectivity index (χ1v) is 8.57. The van der Waals surface area contributed by atoms with Crippen LogP contribution in [0.1, 0.15) is 12.8 Å². The van der Waals surface area contributed by atoms with Gasteiger partial charge in [-0.2, -0.15) is 0 Å². The molecule has 1 N–H and O–H groups in total. The molecule has 0 spiro atoms. The van der Waals surface area contributed by atoms with E-state index in [9.17, 15) is 4.79 Å². The normalized spacial score (nSPS) is 16.8. The van der Waals surface area contributed by atoms with Gasteiger partial charge in [0.1, 0.15) is 5.75 Å². The lowest BCUT2D eigenvalue weighted by Crippen LogP contribution is -2.34. The summed E-state index contributed by atoms with van der Waals surface area (Å²) in [7, 11) is 2.17. The van der Waals surface area contributed by atoms with E-state index in [2.05, 4.69) is 22.2 Å². The second-order valence-electron chi connectivity index (χ2n) is 5.94. The van der Waals surface area contributed by atoms with Crippen molar-refractivity contribution in [1.82, 2.24) is 15.1 Å². The van der Waals surface area contributed by atoms with Crippen molar-refractivity contribution < 1.29 is 9.53 Å². The van der Waals surface area contributed by atoms with Gasteiger partial charge in [0.2, 0.25) is 0 Å². The molecule has 0 unspecified atom stereocenters. The Balaban J connectivity index is 1.55. The Kier molecular flexibility index (Phi) is 7.65. The van der Waals surface area contributed by atoms with Gasteiger partial charge in [-0.05, 0) is 63.8 Å². The molecule has 1 heterocycles. The third-order valence-electron chi connectivity index (χ3n) is 3.97. The number of hydrogen-bond acceptors (Lipinski definition) is 4. The number of nitrogens with zero attached hydrogens (tertiary/aromatic N) is 2. The summed E-state index contributed by atoms with van der Waals surface area (Å²) in [6.45, 7) is 6.33. The summed E-state index contributed by atoms with van der Waals surface area (Å²) in [5.41, 5.74) is 0. The van der Waals surface area contributed by atoms with E-state index >= 15 is 0 Å². The maximum atomic E-state index is 11.7. The Labute approximate surface area is 143 Å². The van der Waals surface area contributed by atoms with Gasteiger partial charge in [0, 0.05) is 24.7 Å². The standard InChI is InChI=1S/C17H26ClN3O2/c1-20-9-3-11-21(13-12-20)10-2-8-19-17(22)14-23-16-6-4-15(18)5-7-16/h4-7H,2-3,8-14H2,1H3,(H,19,22). The maximum Gasteiger partial charge on any atom is 0.257 e. The third kappa shape index (κ3) is 7.20. The molecule has 1 aliphatic rings. The fourth-order valence-corrected chi connectivity index (χ4v) is 2.71. The van der Waals surface area contributed by atoms with Gasteiger partial charge < -0.3 is 19.9 Å². The molecule has 0 radical (unpaired) electrons. The largest absolute Gasteiger partial charge is 0.484 e. The van der Waals surface area contributed by atoms with E-state index < -0.39 is 0 Å². The number of halogens is 1. The van der Waals surface area contributed by atoms with Crippen molar-refractivity contribution in [2.45, 2.75) is 12.8 Å². The zero-order valence-corrected chi connectivity index (χ0v) is 14.5. The van der Waals surface area contributed by atoms with E-state index in [0.29, 0.717) is 17.3 Å². The number of rotatable bonds is 7. The third-order valence-corrected chi connectivity index (χ3v) is 4.22. The van der Waals surface area contributed by atoms with Crippen LogP contribution < -0.4 is 10.1 Å². The Bertz CT molecular complexity index is 481. The van der Waals surface area contributed by atoms with Crippen LogP contribution in [0.15, 0.2) is 24.3 Å². The van der Waals surface area contributed by atoms with Gasteiger partial charge in [0.25, 0.3) is 5.91 Å². The van der Waals surface area contributed by atoms with Crippen molar-refractivity contribution in [3.63, 3.8) is 0 Å². The number of carbonyl (C=O) groups excluding carboxylic acids is 1. The smallest absolute Gasteiger partial charge is 0.257 e. The molecule has 0 bridgehead atoms. The summed E-state index contributed by atoms with van der Waals surface area (Å²) in [6.07, 6.45) is 2.19. The summed E-state index contributed by atoms with van der Waals surface area (Å²) in [6, 6.07) is 7.00. The maximum absolute atomic E-state index is 11.7. The molecule has 0 atom stereocenters. The van der Waals surface area contributed by atoms with Crippen LogP contribution in [0.3, 0.4) is 0 Å². The summed E-state index contributed by atoms with van der Waals surface area (Å²) in [5, 5.41) is 3.56. The van der Waals surface area contributed by atoms with Gasteiger partial charge in [-0.3, -0.25) is 4.79 Å². The van der Waals surface area contributed by atoms with Gasteiger partial charge in [0.15, 0.2) is 6.61 Å². The lowest BCUT2D eigenvalue weighted by molar-refractivity contribution is -0.123. The van der Waals surface area contributed by atoms with Gasteiger partial charge >= 0.3 is 0 Å². The molecule has 1 aliphatic heterocycles. The van der Waals surface area contributed by atoms with Crippen LogP contribution in [-0.4, -0.2) is 68.6 Å². The zero-order valence-electron chi connectivity index (χ0n) is 13.8. The Morgan fingerprint density at radius 2 is 2.00 bits per heavy atom. The van der Waals surface area contributed by atoms with Crippen molar-refractivity contribution >= 4 is 17.5 Å². The first-order chi connectivity index (χ1) is 11.1. The average Bonchev–Trinajstić information content (AvgIpc) is 2.75. The summed E-state index contributed by atoms with van der Waals surface area (Å²) < 4.78 is 5.41. The highest BCUT2D eigenvalue weighted by atomic mass is 35.5. The lowest BCUT2D eigenvalue weighted by Gasteiger charge is -2.19. The summed E-state index contributed by atoms with van der Waals surface area (Å²) >= 11 is 5.80. The number of nitrogens with one attached hydrogen (secondary N) is 1. The van der Waals surface area contributed by atoms with Gasteiger partial charge in [0.05, 0.1) is 0 Å². The van der Waals surface area contributed by atoms with Crippen LogP contribution in [0, 0.1) is 0 Å². The number of hydrogen-bond donors (Lipinski definition) is 1. The fourth-order valence-electron chi connectivity index (χ4n) is 2.58. The van der Waals surface area contributed by atoms with E-state index in [1.807, 2.05) is 0 Å². The highest BCUT2D eigenvalue weighted by Crippen LogP contribution is 2.15. The number of benzene rings is 1. The van der Waals surface area contributed by atoms with E-state index in [4.69, 9.17) is 16.3 Å². The van der Waals surface area contributed by atoms with Crippen molar-refractivity contribution in [2.24, 2.45) is 0 Å². The monoisotopic (exact) mass is 339 g/mol. The van der Waals surface area contributed by atoms with Crippen LogP contribution in [0.2, 0.25) is 5.02 Å². The number of likely N-dealkylation sites (N-methyl/N-ethyl adjacent to an activating group) is 1. The second-order valence-corrected chi connectivity index (χ2v) is 6.38. The van der Waals surface area contributed by atoms with Crippen molar-refractivity contribution in [2.75, 3.05) is 52.9 Å². The van der Waals surface area contributed by atoms with Crippen molar-refractivity contribution in [1.29, 1.82) is 0 Å². The average molecular weight is 340 g/mol. The van der Waals surface area contributed by atoms with Crippen LogP contribution in [0.5, 0.6) is 5.75 Å². The van der Waals surface area contributed by atoms with E-state index in [0.717, 1.165) is 32.6 Å². The molecule has 1 aromatic carbocycles. The second kappa shape index (κ2) is 9.75. The topological polar surface area (TPSA) is 44.8 Å². The molecule has 1 amide bonds. The van der Waals surface area contributed by atoms with E-state index in [1.165, 1.54) is 13.0 Å². The number of carbonyl (C=O) groups is 1. The minimum Gasteiger partial charge on any atom is -0.484 e. The molecule has 1 aromatic rings. The first-order valence-electron chi connectivity index (χ1n) is 8.19. The van der Waals surface area contributed by atoms with Gasteiger partial charge in [-0.25, -0.2) is 0 Å². The van der Waals surface area contributed by atoms with Gasteiger partial charge in [-0.1, -0.05) is 11.6 Å². The predicted molar refractivity (Wildman–Crippen MR) is 93.1 cm³/mol. The molecule has 5 nitrogen and oxygen atoms in total. The van der Waals surface area contributed by atoms with Crippen LogP contribution in [0.25, 0.3) is 0 Å². The number of ether oxygens (including phenoxy) is 1. The van der Waals surface area contributed by atoms with Gasteiger partial charge in [-0.15, -0.1) is 0 Å². The molecule has 0 aromatic heterocycles. The first kappa shape index (κ1) is 18.0. The SMILES string of the molecule is CN1CCCN(CCCNC(=O)COc2ccc(Cl)cc2)CC1. The fraction of sp³-hybridized carbons (Fsp3) is 0.588. The molecule has 23 heavy (non-hydrogen) atoms. The molecule has 2 rings (SSSR count). The summed E-state index contributed by atoms with van der Waals surface area (Å²) in [5.74, 6) is 0.564. The van der Waals surface area contributed by atoms with Crippen LogP contribution in [0.4, 0.5) is 0 Å². The molecule has 0 aliphatic carbocycles. The lowest BCUT2D eigenvalue weighted by atomic mass is 10.3. The van der Waals surface area contributed by atoms with Crippen molar-refractivity contribution in [3.8, 4) is 5.75 Å². The minimum absolute atomic E-state index is 0.0378. The predicted octanol–water partition coefficient (Wildman–Crippen LogP) is 1.86. The molecule has 1 saturated heterocycles. The highest BCUT2D eigenvalue weighted by molar-refractivity contribution is 6.30. The molecule has 128 valence electrons. The molecule has 6 heteroatoms. The minimum atomic E-state index is -0.0875. The number of amides is 1. The quantitative estimate of drug-likeness (QED) is 0.770. The molecule has 1 fully saturated rings.